The van der Waals surface area contributed by atoms with Gasteiger partial charge in [-0.3, -0.25) is 9.59 Å². The Kier molecular flexibility index (Phi) is 6.22. The van der Waals surface area contributed by atoms with E-state index in [4.69, 9.17) is 4.74 Å². The number of carbonyl (C=O) groups is 1. The number of hydrogen-bond donors (Lipinski definition) is 2. The Morgan fingerprint density at radius 1 is 1.28 bits per heavy atom. The van der Waals surface area contributed by atoms with Gasteiger partial charge in [-0.15, -0.1) is 0 Å². The molecule has 0 bridgehead atoms. The van der Waals surface area contributed by atoms with Crippen LogP contribution in [0.15, 0.2) is 35.1 Å². The first kappa shape index (κ1) is 18.6. The number of methoxy groups -OCH3 is 1. The summed E-state index contributed by atoms with van der Waals surface area (Å²) in [6.07, 6.45) is 1.91. The number of unbranched alkanes of at least 4 members (excludes halogenated alkanes) is 1. The van der Waals surface area contributed by atoms with Crippen LogP contribution < -0.4 is 15.5 Å². The van der Waals surface area contributed by atoms with E-state index in [1.807, 2.05) is 11.5 Å². The number of aryl methyl sites for hydroxylation is 1. The summed E-state index contributed by atoms with van der Waals surface area (Å²) in [7, 11) is 1.56. The molecule has 2 aromatic rings. The third kappa shape index (κ3) is 4.41. The molecule has 6 heteroatoms. The minimum atomic E-state index is -0.432. The minimum Gasteiger partial charge on any atom is -0.503 e. The fraction of sp³-hybridized carbons (Fsp3) is 0.368. The Morgan fingerprint density at radius 3 is 2.56 bits per heavy atom. The smallest absolute Gasteiger partial charge is 0.251 e. The number of aromatic nitrogens is 1. The molecule has 134 valence electrons. The Hall–Kier alpha value is -2.76. The molecule has 6 nitrogen and oxygen atoms in total. The summed E-state index contributed by atoms with van der Waals surface area (Å²) in [6.45, 7) is 4.66. The van der Waals surface area contributed by atoms with Gasteiger partial charge in [-0.1, -0.05) is 13.3 Å². The zero-order valence-corrected chi connectivity index (χ0v) is 14.8. The van der Waals surface area contributed by atoms with E-state index >= 15 is 0 Å². The molecule has 0 saturated carbocycles. The number of nitrogens with zero attached hydrogens (tertiary/aromatic N) is 1. The number of carbonyl (C=O) groups excluding carboxylic acids is 1. The second-order valence-corrected chi connectivity index (χ2v) is 5.86. The van der Waals surface area contributed by atoms with Gasteiger partial charge in [-0.2, -0.15) is 0 Å². The first-order chi connectivity index (χ1) is 12.0. The molecule has 0 radical (unpaired) electrons. The highest BCUT2D eigenvalue weighted by molar-refractivity contribution is 5.94. The molecule has 0 fully saturated rings. The minimum absolute atomic E-state index is 0.0807. The number of aromatic hydroxyl groups is 1. The van der Waals surface area contributed by atoms with Crippen LogP contribution in [0, 0.1) is 6.92 Å². The van der Waals surface area contributed by atoms with E-state index in [1.165, 1.54) is 6.07 Å². The highest BCUT2D eigenvalue weighted by atomic mass is 16.5. The summed E-state index contributed by atoms with van der Waals surface area (Å²) >= 11 is 0. The predicted molar refractivity (Wildman–Crippen MR) is 96.2 cm³/mol. The second-order valence-electron chi connectivity index (χ2n) is 5.86. The van der Waals surface area contributed by atoms with E-state index in [1.54, 1.807) is 31.4 Å². The van der Waals surface area contributed by atoms with Gasteiger partial charge in [-0.25, -0.2) is 0 Å². The monoisotopic (exact) mass is 344 g/mol. The Labute approximate surface area is 147 Å². The van der Waals surface area contributed by atoms with Crippen LogP contribution in [-0.4, -0.2) is 22.7 Å². The molecule has 0 saturated heterocycles. The molecule has 1 aromatic heterocycles. The maximum absolute atomic E-state index is 12.3. The van der Waals surface area contributed by atoms with Crippen molar-refractivity contribution in [3.63, 3.8) is 0 Å². The fourth-order valence-corrected chi connectivity index (χ4v) is 2.63. The summed E-state index contributed by atoms with van der Waals surface area (Å²) in [6, 6.07) is 8.15. The van der Waals surface area contributed by atoms with E-state index < -0.39 is 5.43 Å². The van der Waals surface area contributed by atoms with Crippen LogP contribution in [-0.2, 0) is 13.1 Å². The lowest BCUT2D eigenvalue weighted by Crippen LogP contribution is -2.27. The van der Waals surface area contributed by atoms with Gasteiger partial charge in [0.05, 0.1) is 19.3 Å². The van der Waals surface area contributed by atoms with E-state index in [-0.39, 0.29) is 18.2 Å². The molecule has 0 unspecified atom stereocenters. The quantitative estimate of drug-likeness (QED) is 0.809. The highest BCUT2D eigenvalue weighted by Gasteiger charge is 2.14. The van der Waals surface area contributed by atoms with Crippen molar-refractivity contribution in [2.24, 2.45) is 0 Å². The Morgan fingerprint density at radius 2 is 1.96 bits per heavy atom. The maximum atomic E-state index is 12.3. The van der Waals surface area contributed by atoms with Crippen LogP contribution in [0.5, 0.6) is 11.5 Å². The van der Waals surface area contributed by atoms with E-state index in [0.717, 1.165) is 18.5 Å². The predicted octanol–water partition coefficient (Wildman–Crippen LogP) is 2.60. The van der Waals surface area contributed by atoms with Gasteiger partial charge in [0.1, 0.15) is 5.75 Å². The van der Waals surface area contributed by atoms with Gasteiger partial charge < -0.3 is 19.7 Å². The number of hydrogen-bond acceptors (Lipinski definition) is 4. The molecular formula is C19H24N2O4. The summed E-state index contributed by atoms with van der Waals surface area (Å²) in [5.74, 6) is 0.0797. The van der Waals surface area contributed by atoms with Crippen LogP contribution >= 0.6 is 0 Å². The molecule has 1 aromatic carbocycles. The zero-order chi connectivity index (χ0) is 18.4. The number of amides is 1. The average Bonchev–Trinajstić information content (AvgIpc) is 2.62. The normalized spacial score (nSPS) is 10.5. The third-order valence-corrected chi connectivity index (χ3v) is 4.10. The molecule has 0 aliphatic carbocycles. The molecule has 0 aliphatic heterocycles. The number of rotatable bonds is 7. The van der Waals surface area contributed by atoms with Crippen molar-refractivity contribution in [1.82, 2.24) is 9.88 Å². The van der Waals surface area contributed by atoms with Gasteiger partial charge >= 0.3 is 0 Å². The van der Waals surface area contributed by atoms with Crippen molar-refractivity contribution in [3.05, 3.63) is 57.5 Å². The summed E-state index contributed by atoms with van der Waals surface area (Å²) in [4.78, 5) is 24.2. The first-order valence-corrected chi connectivity index (χ1v) is 8.32. The SMILES string of the molecule is CCCCn1c(C)cc(=O)c(O)c1CNC(=O)c1ccc(OC)cc1. The first-order valence-electron chi connectivity index (χ1n) is 8.32. The van der Waals surface area contributed by atoms with Crippen molar-refractivity contribution in [2.75, 3.05) is 7.11 Å². The summed E-state index contributed by atoms with van der Waals surface area (Å²) < 4.78 is 6.95. The molecule has 25 heavy (non-hydrogen) atoms. The molecule has 0 aliphatic rings. The average molecular weight is 344 g/mol. The van der Waals surface area contributed by atoms with Gasteiger partial charge in [0.2, 0.25) is 5.43 Å². The van der Waals surface area contributed by atoms with Gasteiger partial charge in [-0.05, 0) is 37.6 Å². The van der Waals surface area contributed by atoms with Gasteiger partial charge in [0, 0.05) is 23.9 Å². The van der Waals surface area contributed by atoms with E-state index in [0.29, 0.717) is 23.6 Å². The lowest BCUT2D eigenvalue weighted by molar-refractivity contribution is 0.0949. The standard InChI is InChI=1S/C19H24N2O4/c1-4-5-10-21-13(2)11-17(22)18(23)16(21)12-20-19(24)14-6-8-15(25-3)9-7-14/h6-9,11,23H,4-5,10,12H2,1-3H3,(H,20,24). The van der Waals surface area contributed by atoms with Crippen molar-refractivity contribution < 1.29 is 14.6 Å². The molecule has 1 amide bonds. The maximum Gasteiger partial charge on any atom is 0.251 e. The van der Waals surface area contributed by atoms with Crippen molar-refractivity contribution >= 4 is 5.91 Å². The van der Waals surface area contributed by atoms with Crippen molar-refractivity contribution in [3.8, 4) is 11.5 Å². The largest absolute Gasteiger partial charge is 0.503 e. The molecule has 0 spiro atoms. The molecule has 2 rings (SSSR count). The number of ether oxygens (including phenoxy) is 1. The molecular weight excluding hydrogens is 320 g/mol. The summed E-state index contributed by atoms with van der Waals surface area (Å²) in [5.41, 5.74) is 1.25. The van der Waals surface area contributed by atoms with E-state index in [2.05, 4.69) is 12.2 Å². The van der Waals surface area contributed by atoms with Crippen LogP contribution in [0.4, 0.5) is 0 Å². The van der Waals surface area contributed by atoms with Crippen LogP contribution in [0.3, 0.4) is 0 Å². The summed E-state index contributed by atoms with van der Waals surface area (Å²) in [5, 5.41) is 12.9. The molecule has 2 N–H and O–H groups in total. The number of benzene rings is 1. The molecule has 0 atom stereocenters. The van der Waals surface area contributed by atoms with Crippen LogP contribution in [0.2, 0.25) is 0 Å². The van der Waals surface area contributed by atoms with Gasteiger partial charge in [0.15, 0.2) is 5.75 Å². The second kappa shape index (κ2) is 8.37. The van der Waals surface area contributed by atoms with E-state index in [9.17, 15) is 14.7 Å². The zero-order valence-electron chi connectivity index (χ0n) is 14.8. The lowest BCUT2D eigenvalue weighted by atomic mass is 10.2. The van der Waals surface area contributed by atoms with Crippen LogP contribution in [0.1, 0.15) is 41.5 Å². The number of pyridine rings is 1. The topological polar surface area (TPSA) is 80.6 Å². The Bertz CT molecular complexity index is 794. The third-order valence-electron chi connectivity index (χ3n) is 4.10. The Balaban J connectivity index is 2.20. The lowest BCUT2D eigenvalue weighted by Gasteiger charge is -2.18. The van der Waals surface area contributed by atoms with Crippen molar-refractivity contribution in [2.45, 2.75) is 39.8 Å². The van der Waals surface area contributed by atoms with Crippen LogP contribution in [0.25, 0.3) is 0 Å². The fourth-order valence-electron chi connectivity index (χ4n) is 2.63. The van der Waals surface area contributed by atoms with Gasteiger partial charge in [0.25, 0.3) is 5.91 Å². The molecule has 1 heterocycles. The highest BCUT2D eigenvalue weighted by Crippen LogP contribution is 2.16. The van der Waals surface area contributed by atoms with Crippen molar-refractivity contribution in [1.29, 1.82) is 0 Å². The number of nitrogens with one attached hydrogen (secondary N) is 1.